The van der Waals surface area contributed by atoms with Gasteiger partial charge < -0.3 is 0 Å². The SMILES string of the molecule is Cc1cccc(-n2ncc(CBr)c2C)c1C. The average Bonchev–Trinajstić information content (AvgIpc) is 2.64. The number of benzene rings is 1. The summed E-state index contributed by atoms with van der Waals surface area (Å²) < 4.78 is 2.01. The Morgan fingerprint density at radius 1 is 1.25 bits per heavy atom. The molecule has 0 aliphatic heterocycles. The maximum absolute atomic E-state index is 4.45. The molecule has 1 aromatic carbocycles. The van der Waals surface area contributed by atoms with E-state index in [2.05, 4.69) is 60.0 Å². The Hall–Kier alpha value is -1.09. The summed E-state index contributed by atoms with van der Waals surface area (Å²) >= 11 is 3.47. The molecule has 2 rings (SSSR count). The Bertz CT molecular complexity index is 515. The minimum absolute atomic E-state index is 0.851. The minimum Gasteiger partial charge on any atom is -0.238 e. The predicted molar refractivity (Wildman–Crippen MR) is 70.4 cm³/mol. The summed E-state index contributed by atoms with van der Waals surface area (Å²) in [5.74, 6) is 0. The maximum Gasteiger partial charge on any atom is 0.0680 e. The van der Waals surface area contributed by atoms with Gasteiger partial charge in [-0.15, -0.1) is 0 Å². The maximum atomic E-state index is 4.45. The third-order valence-corrected chi connectivity index (χ3v) is 3.66. The Balaban J connectivity index is 2.59. The molecule has 0 aliphatic carbocycles. The van der Waals surface area contributed by atoms with Crippen molar-refractivity contribution in [2.75, 3.05) is 0 Å². The highest BCUT2D eigenvalue weighted by Gasteiger charge is 2.09. The van der Waals surface area contributed by atoms with Crippen molar-refractivity contribution in [2.24, 2.45) is 0 Å². The van der Waals surface area contributed by atoms with Gasteiger partial charge in [-0.2, -0.15) is 5.10 Å². The molecule has 0 bridgehead atoms. The van der Waals surface area contributed by atoms with Crippen molar-refractivity contribution in [1.29, 1.82) is 0 Å². The number of hydrogen-bond donors (Lipinski definition) is 0. The van der Waals surface area contributed by atoms with E-state index in [1.165, 1.54) is 28.1 Å². The topological polar surface area (TPSA) is 17.8 Å². The van der Waals surface area contributed by atoms with Gasteiger partial charge in [-0.05, 0) is 38.0 Å². The van der Waals surface area contributed by atoms with Crippen molar-refractivity contribution in [3.05, 3.63) is 46.8 Å². The largest absolute Gasteiger partial charge is 0.238 e. The van der Waals surface area contributed by atoms with Crippen molar-refractivity contribution in [3.63, 3.8) is 0 Å². The van der Waals surface area contributed by atoms with Gasteiger partial charge in [-0.1, -0.05) is 28.1 Å². The van der Waals surface area contributed by atoms with E-state index in [4.69, 9.17) is 0 Å². The van der Waals surface area contributed by atoms with Crippen LogP contribution in [0.1, 0.15) is 22.4 Å². The van der Waals surface area contributed by atoms with Crippen LogP contribution in [-0.2, 0) is 5.33 Å². The van der Waals surface area contributed by atoms with E-state index in [1.54, 1.807) is 0 Å². The van der Waals surface area contributed by atoms with E-state index >= 15 is 0 Å². The first-order chi connectivity index (χ1) is 7.65. The van der Waals surface area contributed by atoms with Crippen molar-refractivity contribution >= 4 is 15.9 Å². The minimum atomic E-state index is 0.851. The molecule has 0 amide bonds. The molecule has 2 nitrogen and oxygen atoms in total. The second-order valence-corrected chi connectivity index (χ2v) is 4.58. The molecule has 0 N–H and O–H groups in total. The number of aryl methyl sites for hydroxylation is 1. The van der Waals surface area contributed by atoms with Gasteiger partial charge in [0.15, 0.2) is 0 Å². The molecular formula is C13H15BrN2. The molecule has 0 saturated carbocycles. The molecular weight excluding hydrogens is 264 g/mol. The molecule has 0 radical (unpaired) electrons. The quantitative estimate of drug-likeness (QED) is 0.766. The highest BCUT2D eigenvalue weighted by molar-refractivity contribution is 9.08. The predicted octanol–water partition coefficient (Wildman–Crippen LogP) is 3.69. The van der Waals surface area contributed by atoms with Crippen molar-refractivity contribution in [1.82, 2.24) is 9.78 Å². The fraction of sp³-hybridized carbons (Fsp3) is 0.308. The van der Waals surface area contributed by atoms with Crippen LogP contribution in [-0.4, -0.2) is 9.78 Å². The van der Waals surface area contributed by atoms with Crippen LogP contribution in [0.15, 0.2) is 24.4 Å². The van der Waals surface area contributed by atoms with Gasteiger partial charge >= 0.3 is 0 Å². The second kappa shape index (κ2) is 4.42. The van der Waals surface area contributed by atoms with Gasteiger partial charge in [0.1, 0.15) is 0 Å². The Kier molecular flexibility index (Phi) is 3.15. The number of hydrogen-bond acceptors (Lipinski definition) is 1. The molecule has 0 fully saturated rings. The van der Waals surface area contributed by atoms with Crippen LogP contribution < -0.4 is 0 Å². The summed E-state index contributed by atoms with van der Waals surface area (Å²) in [6, 6.07) is 6.32. The molecule has 0 atom stereocenters. The number of rotatable bonds is 2. The number of halogens is 1. The second-order valence-electron chi connectivity index (χ2n) is 4.02. The number of aromatic nitrogens is 2. The van der Waals surface area contributed by atoms with Gasteiger partial charge in [-0.3, -0.25) is 0 Å². The fourth-order valence-electron chi connectivity index (χ4n) is 1.78. The van der Waals surface area contributed by atoms with Gasteiger partial charge in [0.05, 0.1) is 11.9 Å². The molecule has 1 heterocycles. The number of alkyl halides is 1. The standard InChI is InChI=1S/C13H15BrN2/c1-9-5-4-6-13(10(9)2)16-11(3)12(7-14)8-15-16/h4-6,8H,7H2,1-3H3. The lowest BCUT2D eigenvalue weighted by Crippen LogP contribution is -2.02. The van der Waals surface area contributed by atoms with Crippen LogP contribution >= 0.6 is 15.9 Å². The first kappa shape index (κ1) is 11.4. The zero-order chi connectivity index (χ0) is 11.7. The number of nitrogens with zero attached hydrogens (tertiary/aromatic N) is 2. The fourth-order valence-corrected chi connectivity index (χ4v) is 2.33. The first-order valence-electron chi connectivity index (χ1n) is 5.31. The van der Waals surface area contributed by atoms with Crippen LogP contribution in [0.3, 0.4) is 0 Å². The molecule has 16 heavy (non-hydrogen) atoms. The zero-order valence-electron chi connectivity index (χ0n) is 9.79. The van der Waals surface area contributed by atoms with E-state index in [0.29, 0.717) is 0 Å². The lowest BCUT2D eigenvalue weighted by atomic mass is 10.1. The van der Waals surface area contributed by atoms with E-state index < -0.39 is 0 Å². The third kappa shape index (κ3) is 1.80. The van der Waals surface area contributed by atoms with Gasteiger partial charge in [0.25, 0.3) is 0 Å². The summed E-state index contributed by atoms with van der Waals surface area (Å²) in [5.41, 5.74) is 6.19. The molecule has 0 unspecified atom stereocenters. The molecule has 84 valence electrons. The third-order valence-electron chi connectivity index (χ3n) is 3.06. The van der Waals surface area contributed by atoms with Gasteiger partial charge in [0.2, 0.25) is 0 Å². The van der Waals surface area contributed by atoms with Crippen molar-refractivity contribution in [2.45, 2.75) is 26.1 Å². The highest BCUT2D eigenvalue weighted by Crippen LogP contribution is 2.21. The molecule has 0 saturated heterocycles. The average molecular weight is 279 g/mol. The smallest absolute Gasteiger partial charge is 0.0680 e. The summed E-state index contributed by atoms with van der Waals surface area (Å²) in [7, 11) is 0. The van der Waals surface area contributed by atoms with Crippen LogP contribution in [0.4, 0.5) is 0 Å². The highest BCUT2D eigenvalue weighted by atomic mass is 79.9. The first-order valence-corrected chi connectivity index (χ1v) is 6.43. The van der Waals surface area contributed by atoms with Crippen LogP contribution in [0, 0.1) is 20.8 Å². The van der Waals surface area contributed by atoms with E-state index in [0.717, 1.165) is 5.33 Å². The molecule has 2 aromatic rings. The van der Waals surface area contributed by atoms with Crippen LogP contribution in [0.2, 0.25) is 0 Å². The zero-order valence-corrected chi connectivity index (χ0v) is 11.4. The molecule has 0 spiro atoms. The van der Waals surface area contributed by atoms with Crippen LogP contribution in [0.25, 0.3) is 5.69 Å². The lowest BCUT2D eigenvalue weighted by Gasteiger charge is -2.10. The van der Waals surface area contributed by atoms with Gasteiger partial charge in [0, 0.05) is 16.6 Å². The molecule has 0 aliphatic rings. The summed E-state index contributed by atoms with van der Waals surface area (Å²) in [4.78, 5) is 0. The van der Waals surface area contributed by atoms with Crippen molar-refractivity contribution in [3.8, 4) is 5.69 Å². The Morgan fingerprint density at radius 3 is 2.62 bits per heavy atom. The lowest BCUT2D eigenvalue weighted by molar-refractivity contribution is 0.837. The summed E-state index contributed by atoms with van der Waals surface area (Å²) in [6.45, 7) is 6.37. The summed E-state index contributed by atoms with van der Waals surface area (Å²) in [6.07, 6.45) is 1.92. The van der Waals surface area contributed by atoms with E-state index in [1.807, 2.05) is 10.9 Å². The van der Waals surface area contributed by atoms with Crippen molar-refractivity contribution < 1.29 is 0 Å². The van der Waals surface area contributed by atoms with Crippen LogP contribution in [0.5, 0.6) is 0 Å². The van der Waals surface area contributed by atoms with E-state index in [9.17, 15) is 0 Å². The Morgan fingerprint density at radius 2 is 2.00 bits per heavy atom. The monoisotopic (exact) mass is 278 g/mol. The molecule has 3 heteroatoms. The van der Waals surface area contributed by atoms with E-state index in [-0.39, 0.29) is 0 Å². The molecule has 1 aromatic heterocycles. The van der Waals surface area contributed by atoms with Gasteiger partial charge in [-0.25, -0.2) is 4.68 Å². The Labute approximate surface area is 104 Å². The summed E-state index contributed by atoms with van der Waals surface area (Å²) in [5, 5.41) is 5.30. The normalized spacial score (nSPS) is 10.8.